The zero-order valence-corrected chi connectivity index (χ0v) is 7.34. The van der Waals surface area contributed by atoms with Crippen molar-refractivity contribution < 1.29 is 0 Å². The Kier molecular flexibility index (Phi) is 1.69. The molecule has 0 aromatic carbocycles. The molecule has 0 spiro atoms. The predicted octanol–water partition coefficient (Wildman–Crippen LogP) is 0.819. The first-order chi connectivity index (χ1) is 5.21. The Morgan fingerprint density at radius 2 is 2.18 bits per heavy atom. The topological polar surface area (TPSA) is 29.3 Å². The highest BCUT2D eigenvalue weighted by atomic mass is 15.1. The van der Waals surface area contributed by atoms with E-state index in [9.17, 15) is 0 Å². The fourth-order valence-electron chi connectivity index (χ4n) is 2.19. The summed E-state index contributed by atoms with van der Waals surface area (Å²) in [5.74, 6) is 0.793. The SMILES string of the molecule is CN1CCCC(C2(N)CC2)C1. The van der Waals surface area contributed by atoms with Crippen LogP contribution >= 0.6 is 0 Å². The van der Waals surface area contributed by atoms with Gasteiger partial charge in [0.05, 0.1) is 0 Å². The van der Waals surface area contributed by atoms with Gasteiger partial charge in [0, 0.05) is 12.1 Å². The standard InChI is InChI=1S/C9H18N2/c1-11-6-2-3-8(7-11)9(10)4-5-9/h8H,2-7,10H2,1H3. The molecule has 1 saturated carbocycles. The molecule has 1 atom stereocenters. The predicted molar refractivity (Wildman–Crippen MR) is 46.4 cm³/mol. The van der Waals surface area contributed by atoms with Crippen molar-refractivity contribution in [3.8, 4) is 0 Å². The Balaban J connectivity index is 1.93. The van der Waals surface area contributed by atoms with Gasteiger partial charge in [0.2, 0.25) is 0 Å². The maximum Gasteiger partial charge on any atom is 0.0196 e. The first-order valence-corrected chi connectivity index (χ1v) is 4.68. The molecule has 1 saturated heterocycles. The summed E-state index contributed by atoms with van der Waals surface area (Å²) in [4.78, 5) is 2.42. The summed E-state index contributed by atoms with van der Waals surface area (Å²) in [6.45, 7) is 2.50. The molecule has 11 heavy (non-hydrogen) atoms. The number of nitrogens with zero attached hydrogens (tertiary/aromatic N) is 1. The third kappa shape index (κ3) is 1.42. The highest BCUT2D eigenvalue weighted by molar-refractivity contribution is 5.05. The largest absolute Gasteiger partial charge is 0.325 e. The van der Waals surface area contributed by atoms with Crippen molar-refractivity contribution >= 4 is 0 Å². The number of likely N-dealkylation sites (tertiary alicyclic amines) is 1. The molecule has 2 fully saturated rings. The van der Waals surface area contributed by atoms with Gasteiger partial charge in [-0.05, 0) is 45.2 Å². The van der Waals surface area contributed by atoms with E-state index in [0.29, 0.717) is 0 Å². The minimum atomic E-state index is 0.259. The average Bonchev–Trinajstić information content (AvgIpc) is 2.70. The zero-order valence-electron chi connectivity index (χ0n) is 7.34. The maximum atomic E-state index is 6.16. The lowest BCUT2D eigenvalue weighted by Gasteiger charge is -2.33. The van der Waals surface area contributed by atoms with E-state index in [1.54, 1.807) is 0 Å². The molecule has 2 nitrogen and oxygen atoms in total. The summed E-state index contributed by atoms with van der Waals surface area (Å²) >= 11 is 0. The van der Waals surface area contributed by atoms with Crippen LogP contribution in [-0.2, 0) is 0 Å². The third-order valence-electron chi connectivity index (χ3n) is 3.26. The highest BCUT2D eigenvalue weighted by Gasteiger charge is 2.46. The van der Waals surface area contributed by atoms with Crippen molar-refractivity contribution in [2.75, 3.05) is 20.1 Å². The Hall–Kier alpha value is -0.0800. The summed E-state index contributed by atoms with van der Waals surface area (Å²) < 4.78 is 0. The van der Waals surface area contributed by atoms with Crippen molar-refractivity contribution in [3.63, 3.8) is 0 Å². The number of hydrogen-bond donors (Lipinski definition) is 1. The van der Waals surface area contributed by atoms with Gasteiger partial charge in [-0.15, -0.1) is 0 Å². The number of piperidine rings is 1. The van der Waals surface area contributed by atoms with Gasteiger partial charge in [0.1, 0.15) is 0 Å². The van der Waals surface area contributed by atoms with Crippen LogP contribution in [0.5, 0.6) is 0 Å². The van der Waals surface area contributed by atoms with Crippen LogP contribution in [0, 0.1) is 5.92 Å². The van der Waals surface area contributed by atoms with Gasteiger partial charge in [-0.2, -0.15) is 0 Å². The summed E-state index contributed by atoms with van der Waals surface area (Å²) in [6, 6.07) is 0. The maximum absolute atomic E-state index is 6.16. The van der Waals surface area contributed by atoms with Crippen LogP contribution in [0.15, 0.2) is 0 Å². The molecule has 0 amide bonds. The van der Waals surface area contributed by atoms with E-state index >= 15 is 0 Å². The highest BCUT2D eigenvalue weighted by Crippen LogP contribution is 2.43. The first kappa shape index (κ1) is 7.56. The summed E-state index contributed by atoms with van der Waals surface area (Å²) in [5, 5.41) is 0. The van der Waals surface area contributed by atoms with E-state index in [1.807, 2.05) is 0 Å². The Morgan fingerprint density at radius 3 is 2.73 bits per heavy atom. The minimum Gasteiger partial charge on any atom is -0.325 e. The van der Waals surface area contributed by atoms with Crippen molar-refractivity contribution in [1.29, 1.82) is 0 Å². The van der Waals surface area contributed by atoms with Crippen molar-refractivity contribution in [2.24, 2.45) is 11.7 Å². The van der Waals surface area contributed by atoms with Crippen LogP contribution in [0.1, 0.15) is 25.7 Å². The Bertz CT molecular complexity index is 152. The molecule has 2 aliphatic rings. The second-order valence-electron chi connectivity index (χ2n) is 4.33. The van der Waals surface area contributed by atoms with Gasteiger partial charge >= 0.3 is 0 Å². The Morgan fingerprint density at radius 1 is 1.45 bits per heavy atom. The first-order valence-electron chi connectivity index (χ1n) is 4.68. The van der Waals surface area contributed by atoms with E-state index < -0.39 is 0 Å². The molecule has 64 valence electrons. The summed E-state index contributed by atoms with van der Waals surface area (Å²) in [5.41, 5.74) is 6.42. The number of nitrogens with two attached hydrogens (primary N) is 1. The van der Waals surface area contributed by atoms with Crippen molar-refractivity contribution in [3.05, 3.63) is 0 Å². The number of hydrogen-bond acceptors (Lipinski definition) is 2. The van der Waals surface area contributed by atoms with Crippen molar-refractivity contribution in [1.82, 2.24) is 4.90 Å². The van der Waals surface area contributed by atoms with Crippen LogP contribution in [0.25, 0.3) is 0 Å². The lowest BCUT2D eigenvalue weighted by atomic mass is 9.89. The molecule has 0 radical (unpaired) electrons. The third-order valence-corrected chi connectivity index (χ3v) is 3.26. The van der Waals surface area contributed by atoms with Crippen LogP contribution in [0.3, 0.4) is 0 Å². The van der Waals surface area contributed by atoms with Crippen LogP contribution in [-0.4, -0.2) is 30.6 Å². The van der Waals surface area contributed by atoms with Crippen LogP contribution in [0.4, 0.5) is 0 Å². The van der Waals surface area contributed by atoms with Gasteiger partial charge < -0.3 is 10.6 Å². The smallest absolute Gasteiger partial charge is 0.0196 e. The van der Waals surface area contributed by atoms with Crippen molar-refractivity contribution in [2.45, 2.75) is 31.2 Å². The molecule has 2 heteroatoms. The van der Waals surface area contributed by atoms with E-state index in [-0.39, 0.29) is 5.54 Å². The van der Waals surface area contributed by atoms with Gasteiger partial charge in [0.15, 0.2) is 0 Å². The van der Waals surface area contributed by atoms with Crippen LogP contribution < -0.4 is 5.73 Å². The zero-order chi connectivity index (χ0) is 7.90. The molecule has 1 aliphatic heterocycles. The monoisotopic (exact) mass is 154 g/mol. The minimum absolute atomic E-state index is 0.259. The van der Waals surface area contributed by atoms with E-state index in [1.165, 1.54) is 38.8 Å². The molecule has 1 heterocycles. The molecular weight excluding hydrogens is 136 g/mol. The molecule has 2 rings (SSSR count). The lowest BCUT2D eigenvalue weighted by molar-refractivity contribution is 0.180. The van der Waals surface area contributed by atoms with Crippen LogP contribution in [0.2, 0.25) is 0 Å². The van der Waals surface area contributed by atoms with Gasteiger partial charge in [0.25, 0.3) is 0 Å². The molecule has 1 unspecified atom stereocenters. The van der Waals surface area contributed by atoms with Gasteiger partial charge in [-0.1, -0.05) is 0 Å². The lowest BCUT2D eigenvalue weighted by Crippen LogP contribution is -2.43. The quantitative estimate of drug-likeness (QED) is 0.606. The van der Waals surface area contributed by atoms with E-state index in [2.05, 4.69) is 11.9 Å². The summed E-state index contributed by atoms with van der Waals surface area (Å²) in [7, 11) is 2.21. The fraction of sp³-hybridized carbons (Fsp3) is 1.00. The molecule has 0 bridgehead atoms. The molecule has 0 aromatic heterocycles. The summed E-state index contributed by atoms with van der Waals surface area (Å²) in [6.07, 6.45) is 5.25. The second kappa shape index (κ2) is 2.46. The fourth-order valence-corrected chi connectivity index (χ4v) is 2.19. The normalized spacial score (nSPS) is 37.1. The van der Waals surface area contributed by atoms with E-state index in [0.717, 1.165) is 5.92 Å². The van der Waals surface area contributed by atoms with Gasteiger partial charge in [-0.3, -0.25) is 0 Å². The molecular formula is C9H18N2. The van der Waals surface area contributed by atoms with Gasteiger partial charge in [-0.25, -0.2) is 0 Å². The number of rotatable bonds is 1. The average molecular weight is 154 g/mol. The van der Waals surface area contributed by atoms with E-state index in [4.69, 9.17) is 5.73 Å². The Labute approximate surface area is 68.7 Å². The second-order valence-corrected chi connectivity index (χ2v) is 4.33. The molecule has 0 aromatic rings. The molecule has 1 aliphatic carbocycles. The molecule has 2 N–H and O–H groups in total.